The van der Waals surface area contributed by atoms with Crippen LogP contribution in [-0.4, -0.2) is 53.8 Å². The molecule has 166 valence electrons. The van der Waals surface area contributed by atoms with Crippen molar-refractivity contribution >= 4 is 11.8 Å². The molecule has 2 atom stereocenters. The lowest BCUT2D eigenvalue weighted by Gasteiger charge is -2.31. The molecule has 0 spiro atoms. The van der Waals surface area contributed by atoms with Gasteiger partial charge in [0.2, 0.25) is 11.8 Å². The highest BCUT2D eigenvalue weighted by Gasteiger charge is 2.34. The number of halogens is 3. The predicted octanol–water partition coefficient (Wildman–Crippen LogP) is 2.67. The fraction of sp³-hybridized carbons (Fsp3) is 0.391. The molecule has 8 heteroatoms. The van der Waals surface area contributed by atoms with Gasteiger partial charge in [0.1, 0.15) is 11.9 Å². The minimum atomic E-state index is -1.28. The minimum Gasteiger partial charge on any atom is -0.344 e. The van der Waals surface area contributed by atoms with Crippen LogP contribution in [0.2, 0.25) is 0 Å². The van der Waals surface area contributed by atoms with Crippen LogP contribution < -0.4 is 5.73 Å². The van der Waals surface area contributed by atoms with Crippen LogP contribution in [0.1, 0.15) is 24.0 Å². The van der Waals surface area contributed by atoms with E-state index >= 15 is 0 Å². The summed E-state index contributed by atoms with van der Waals surface area (Å²) in [7, 11) is 1.71. The number of benzene rings is 2. The molecule has 5 nitrogen and oxygen atoms in total. The van der Waals surface area contributed by atoms with Gasteiger partial charge in [0.15, 0.2) is 11.6 Å². The third-order valence-corrected chi connectivity index (χ3v) is 5.53. The largest absolute Gasteiger partial charge is 0.344 e. The van der Waals surface area contributed by atoms with Crippen molar-refractivity contribution in [1.29, 1.82) is 0 Å². The lowest BCUT2D eigenvalue weighted by Crippen LogP contribution is -2.50. The molecular formula is C23H26F3N3O2. The van der Waals surface area contributed by atoms with Crippen LogP contribution in [0.3, 0.4) is 0 Å². The van der Waals surface area contributed by atoms with E-state index in [9.17, 15) is 22.8 Å². The summed E-state index contributed by atoms with van der Waals surface area (Å²) in [6.07, 6.45) is 0.746. The van der Waals surface area contributed by atoms with Gasteiger partial charge in [-0.15, -0.1) is 0 Å². The Morgan fingerprint density at radius 3 is 2.48 bits per heavy atom. The molecule has 1 aliphatic rings. The van der Waals surface area contributed by atoms with Crippen molar-refractivity contribution in [2.24, 2.45) is 5.73 Å². The predicted molar refractivity (Wildman–Crippen MR) is 111 cm³/mol. The normalized spacial score (nSPS) is 18.1. The summed E-state index contributed by atoms with van der Waals surface area (Å²) in [6, 6.07) is 9.20. The summed E-state index contributed by atoms with van der Waals surface area (Å²) < 4.78 is 40.5. The van der Waals surface area contributed by atoms with E-state index in [1.807, 2.05) is 30.3 Å². The third kappa shape index (κ3) is 5.64. The van der Waals surface area contributed by atoms with Gasteiger partial charge in [0.05, 0.1) is 0 Å². The molecular weight excluding hydrogens is 407 g/mol. The van der Waals surface area contributed by atoms with Gasteiger partial charge in [-0.05, 0) is 30.0 Å². The monoisotopic (exact) mass is 433 g/mol. The van der Waals surface area contributed by atoms with Gasteiger partial charge < -0.3 is 15.5 Å². The Morgan fingerprint density at radius 1 is 1.10 bits per heavy atom. The standard InChI is InChI=1S/C23H26F3N3O2/c1-28-8-5-9-29(21(23(28)31)10-15-6-3-2-4-7-15)22(30)13-17(27)11-16-12-19(25)20(26)14-18(16)24/h2-4,6-7,12,14,17,21H,5,8-11,13,27H2,1H3/t17-,21-/m1/s1. The lowest BCUT2D eigenvalue weighted by molar-refractivity contribution is -0.143. The Bertz CT molecular complexity index is 939. The fourth-order valence-corrected chi connectivity index (χ4v) is 3.88. The third-order valence-electron chi connectivity index (χ3n) is 5.53. The SMILES string of the molecule is CN1CCCN(C(=O)C[C@H](N)Cc2cc(F)c(F)cc2F)[C@H](Cc2ccccc2)C1=O. The summed E-state index contributed by atoms with van der Waals surface area (Å²) in [5.74, 6) is -3.81. The first-order chi connectivity index (χ1) is 14.8. The van der Waals surface area contributed by atoms with Crippen molar-refractivity contribution in [3.05, 3.63) is 71.0 Å². The van der Waals surface area contributed by atoms with Crippen LogP contribution in [0, 0.1) is 17.5 Å². The van der Waals surface area contributed by atoms with E-state index in [0.717, 1.165) is 11.6 Å². The van der Waals surface area contributed by atoms with Gasteiger partial charge in [-0.1, -0.05) is 30.3 Å². The van der Waals surface area contributed by atoms with Gasteiger partial charge >= 0.3 is 0 Å². The highest BCUT2D eigenvalue weighted by molar-refractivity contribution is 5.88. The number of carbonyl (C=O) groups excluding carboxylic acids is 2. The lowest BCUT2D eigenvalue weighted by atomic mass is 10.0. The first-order valence-corrected chi connectivity index (χ1v) is 10.2. The molecule has 0 aromatic heterocycles. The molecule has 2 aromatic rings. The molecule has 1 aliphatic heterocycles. The van der Waals surface area contributed by atoms with Crippen molar-refractivity contribution in [3.8, 4) is 0 Å². The maximum absolute atomic E-state index is 13.9. The van der Waals surface area contributed by atoms with Gasteiger partial charge in [-0.25, -0.2) is 13.2 Å². The van der Waals surface area contributed by atoms with Gasteiger partial charge in [-0.3, -0.25) is 9.59 Å². The quantitative estimate of drug-likeness (QED) is 0.713. The van der Waals surface area contributed by atoms with Crippen molar-refractivity contribution in [3.63, 3.8) is 0 Å². The van der Waals surface area contributed by atoms with E-state index in [4.69, 9.17) is 5.73 Å². The maximum atomic E-state index is 13.9. The first kappa shape index (κ1) is 22.8. The van der Waals surface area contributed by atoms with Crippen molar-refractivity contribution in [2.75, 3.05) is 20.1 Å². The molecule has 2 aromatic carbocycles. The molecule has 0 bridgehead atoms. The summed E-state index contributed by atoms with van der Waals surface area (Å²) >= 11 is 0. The second-order valence-electron chi connectivity index (χ2n) is 7.93. The number of nitrogens with zero attached hydrogens (tertiary/aromatic N) is 2. The van der Waals surface area contributed by atoms with Crippen LogP contribution in [0.4, 0.5) is 13.2 Å². The van der Waals surface area contributed by atoms with Crippen molar-refractivity contribution in [1.82, 2.24) is 9.80 Å². The van der Waals surface area contributed by atoms with Crippen molar-refractivity contribution in [2.45, 2.75) is 37.8 Å². The van der Waals surface area contributed by atoms with E-state index < -0.39 is 29.5 Å². The zero-order valence-electron chi connectivity index (χ0n) is 17.4. The molecule has 0 unspecified atom stereocenters. The van der Waals surface area contributed by atoms with E-state index in [0.29, 0.717) is 32.0 Å². The molecule has 0 saturated carbocycles. The number of hydrogen-bond donors (Lipinski definition) is 1. The second kappa shape index (κ2) is 9.96. The van der Waals surface area contributed by atoms with Crippen LogP contribution in [0.5, 0.6) is 0 Å². The van der Waals surface area contributed by atoms with Crippen LogP contribution in [-0.2, 0) is 22.4 Å². The van der Waals surface area contributed by atoms with E-state index in [-0.39, 0.29) is 30.2 Å². The molecule has 1 saturated heterocycles. The number of amides is 2. The average molecular weight is 433 g/mol. The summed E-state index contributed by atoms with van der Waals surface area (Å²) in [4.78, 5) is 29.2. The van der Waals surface area contributed by atoms with Crippen LogP contribution >= 0.6 is 0 Å². The molecule has 0 radical (unpaired) electrons. The zero-order valence-corrected chi connectivity index (χ0v) is 17.4. The molecule has 2 amide bonds. The number of likely N-dealkylation sites (N-methyl/N-ethyl adjacent to an activating group) is 1. The Balaban J connectivity index is 1.74. The Hall–Kier alpha value is -2.87. The van der Waals surface area contributed by atoms with Crippen LogP contribution in [0.25, 0.3) is 0 Å². The maximum Gasteiger partial charge on any atom is 0.245 e. The van der Waals surface area contributed by atoms with Gasteiger partial charge in [-0.2, -0.15) is 0 Å². The smallest absolute Gasteiger partial charge is 0.245 e. The topological polar surface area (TPSA) is 66.6 Å². The highest BCUT2D eigenvalue weighted by Crippen LogP contribution is 2.19. The van der Waals surface area contributed by atoms with E-state index in [1.165, 1.54) is 0 Å². The second-order valence-corrected chi connectivity index (χ2v) is 7.93. The summed E-state index contributed by atoms with van der Waals surface area (Å²) in [6.45, 7) is 0.943. The van der Waals surface area contributed by atoms with Crippen LogP contribution in [0.15, 0.2) is 42.5 Å². The summed E-state index contributed by atoms with van der Waals surface area (Å²) in [5.41, 5.74) is 6.89. The Morgan fingerprint density at radius 2 is 1.77 bits per heavy atom. The Kier molecular flexibility index (Phi) is 7.33. The first-order valence-electron chi connectivity index (χ1n) is 10.2. The Labute approximate surface area is 179 Å². The zero-order chi connectivity index (χ0) is 22.5. The van der Waals surface area contributed by atoms with Crippen molar-refractivity contribution < 1.29 is 22.8 Å². The fourth-order valence-electron chi connectivity index (χ4n) is 3.88. The molecule has 3 rings (SSSR count). The van der Waals surface area contributed by atoms with E-state index in [1.54, 1.807) is 16.8 Å². The molecule has 1 fully saturated rings. The molecule has 0 aliphatic carbocycles. The van der Waals surface area contributed by atoms with Gasteiger partial charge in [0.25, 0.3) is 0 Å². The highest BCUT2D eigenvalue weighted by atomic mass is 19.2. The molecule has 2 N–H and O–H groups in total. The average Bonchev–Trinajstić information content (AvgIpc) is 2.86. The number of nitrogens with two attached hydrogens (primary N) is 1. The number of hydrogen-bond acceptors (Lipinski definition) is 3. The molecule has 31 heavy (non-hydrogen) atoms. The molecule has 1 heterocycles. The summed E-state index contributed by atoms with van der Waals surface area (Å²) in [5, 5.41) is 0. The van der Waals surface area contributed by atoms with Gasteiger partial charge in [0, 0.05) is 45.1 Å². The minimum absolute atomic E-state index is 0.0910. The van der Waals surface area contributed by atoms with E-state index in [2.05, 4.69) is 0 Å². The number of rotatable bonds is 6. The number of carbonyl (C=O) groups is 2.